The zero-order chi connectivity index (χ0) is 21.3. The van der Waals surface area contributed by atoms with Crippen LogP contribution in [0.1, 0.15) is 16.7 Å². The van der Waals surface area contributed by atoms with Gasteiger partial charge in [-0.2, -0.15) is 0 Å². The minimum Gasteiger partial charge on any atom is -0.387 e. The molecule has 1 heterocycles. The molecule has 0 amide bonds. The molecule has 0 spiro atoms. The normalized spacial score (nSPS) is 23.5. The number of aliphatic hydroxyl groups is 1. The minimum atomic E-state index is -0.873. The van der Waals surface area contributed by atoms with Crippen LogP contribution in [0, 0.1) is 0 Å². The molecule has 3 aromatic carbocycles. The van der Waals surface area contributed by atoms with E-state index in [1.165, 1.54) is 0 Å². The molecular formula is C26H28O5. The third-order valence-electron chi connectivity index (χ3n) is 5.26. The minimum absolute atomic E-state index is 0.235. The van der Waals surface area contributed by atoms with Crippen LogP contribution in [0.4, 0.5) is 0 Å². The van der Waals surface area contributed by atoms with Crippen LogP contribution in [0.3, 0.4) is 0 Å². The van der Waals surface area contributed by atoms with E-state index in [1.807, 2.05) is 91.0 Å². The van der Waals surface area contributed by atoms with Gasteiger partial charge < -0.3 is 24.1 Å². The van der Waals surface area contributed by atoms with Gasteiger partial charge in [0.05, 0.1) is 26.4 Å². The Kier molecular flexibility index (Phi) is 7.82. The Morgan fingerprint density at radius 2 is 1.10 bits per heavy atom. The summed E-state index contributed by atoms with van der Waals surface area (Å²) in [7, 11) is 0. The largest absolute Gasteiger partial charge is 0.387 e. The molecule has 0 radical (unpaired) electrons. The van der Waals surface area contributed by atoms with E-state index < -0.39 is 24.6 Å². The van der Waals surface area contributed by atoms with E-state index in [0.29, 0.717) is 19.8 Å². The number of hydrogen-bond acceptors (Lipinski definition) is 5. The summed E-state index contributed by atoms with van der Waals surface area (Å²) in [5.41, 5.74) is 3.09. The lowest BCUT2D eigenvalue weighted by molar-refractivity contribution is -0.293. The average Bonchev–Trinajstić information content (AvgIpc) is 2.83. The Hall–Kier alpha value is -2.54. The molecule has 1 aliphatic rings. The smallest absolute Gasteiger partial charge is 0.186 e. The van der Waals surface area contributed by atoms with Gasteiger partial charge in [0.2, 0.25) is 0 Å². The van der Waals surface area contributed by atoms with Crippen LogP contribution in [-0.4, -0.2) is 36.3 Å². The van der Waals surface area contributed by atoms with Crippen molar-refractivity contribution in [3.8, 4) is 0 Å². The van der Waals surface area contributed by atoms with Gasteiger partial charge in [-0.25, -0.2) is 0 Å². The van der Waals surface area contributed by atoms with Gasteiger partial charge in [-0.15, -0.1) is 0 Å². The van der Waals surface area contributed by atoms with Crippen molar-refractivity contribution in [3.63, 3.8) is 0 Å². The highest BCUT2D eigenvalue weighted by Crippen LogP contribution is 2.24. The Labute approximate surface area is 183 Å². The average molecular weight is 421 g/mol. The first-order valence-electron chi connectivity index (χ1n) is 10.6. The van der Waals surface area contributed by atoms with E-state index in [2.05, 4.69) is 0 Å². The number of aliphatic hydroxyl groups excluding tert-OH is 1. The molecule has 31 heavy (non-hydrogen) atoms. The van der Waals surface area contributed by atoms with Gasteiger partial charge in [-0.05, 0) is 16.7 Å². The number of hydrogen-bond donors (Lipinski definition) is 1. The van der Waals surface area contributed by atoms with E-state index in [9.17, 15) is 5.11 Å². The molecule has 0 saturated carbocycles. The first-order chi connectivity index (χ1) is 15.3. The summed E-state index contributed by atoms with van der Waals surface area (Å²) < 4.78 is 24.0. The van der Waals surface area contributed by atoms with Crippen molar-refractivity contribution < 1.29 is 24.1 Å². The predicted octanol–water partition coefficient (Wildman–Crippen LogP) is 4.09. The maximum absolute atomic E-state index is 11.0. The molecule has 5 heteroatoms. The van der Waals surface area contributed by atoms with Crippen LogP contribution in [0.2, 0.25) is 0 Å². The maximum atomic E-state index is 11.0. The summed E-state index contributed by atoms with van der Waals surface area (Å²) in [6, 6.07) is 29.6. The van der Waals surface area contributed by atoms with Crippen LogP contribution < -0.4 is 0 Å². The Morgan fingerprint density at radius 3 is 1.61 bits per heavy atom. The van der Waals surface area contributed by atoms with Crippen molar-refractivity contribution in [1.29, 1.82) is 0 Å². The molecule has 0 aromatic heterocycles. The van der Waals surface area contributed by atoms with Gasteiger partial charge in [0, 0.05) is 0 Å². The highest BCUT2D eigenvalue weighted by atomic mass is 16.7. The van der Waals surface area contributed by atoms with Crippen molar-refractivity contribution in [2.24, 2.45) is 0 Å². The Balaban J connectivity index is 1.40. The molecule has 1 fully saturated rings. The van der Waals surface area contributed by atoms with Gasteiger partial charge in [-0.1, -0.05) is 91.0 Å². The molecule has 4 rings (SSSR count). The van der Waals surface area contributed by atoms with Gasteiger partial charge >= 0.3 is 0 Å². The van der Waals surface area contributed by atoms with E-state index >= 15 is 0 Å². The van der Waals surface area contributed by atoms with Crippen LogP contribution in [-0.2, 0) is 38.8 Å². The summed E-state index contributed by atoms with van der Waals surface area (Å²) in [4.78, 5) is 0. The second kappa shape index (κ2) is 11.2. The standard InChI is InChI=1S/C26H28O5/c27-24-23(28-16-20-10-4-1-5-11-20)19-31-26(30-18-22-14-8-3-9-15-22)25(24)29-17-21-12-6-2-7-13-21/h1-15,23-27H,16-19H2/t23-,24-,25+,26-/m1/s1. The number of rotatable bonds is 9. The van der Waals surface area contributed by atoms with E-state index in [1.54, 1.807) is 0 Å². The first kappa shape index (κ1) is 21.7. The second-order valence-corrected chi connectivity index (χ2v) is 7.59. The fourth-order valence-electron chi connectivity index (χ4n) is 3.52. The lowest BCUT2D eigenvalue weighted by atomic mass is 10.0. The zero-order valence-corrected chi connectivity index (χ0v) is 17.4. The molecule has 1 saturated heterocycles. The molecule has 162 valence electrons. The van der Waals surface area contributed by atoms with Gasteiger partial charge in [-0.3, -0.25) is 0 Å². The van der Waals surface area contributed by atoms with Crippen molar-refractivity contribution >= 4 is 0 Å². The molecule has 5 nitrogen and oxygen atoms in total. The monoisotopic (exact) mass is 420 g/mol. The summed E-state index contributed by atoms with van der Waals surface area (Å²) in [5, 5.41) is 11.0. The molecule has 0 unspecified atom stereocenters. The SMILES string of the molecule is O[C@H]1[C@H](OCc2ccccc2)[C@H](OCc2ccccc2)OC[C@H]1OCc1ccccc1. The molecule has 0 bridgehead atoms. The van der Waals surface area contributed by atoms with Gasteiger partial charge in [0.25, 0.3) is 0 Å². The molecule has 4 atom stereocenters. The number of ether oxygens (including phenoxy) is 4. The van der Waals surface area contributed by atoms with Gasteiger partial charge in [0.1, 0.15) is 18.3 Å². The third-order valence-corrected chi connectivity index (χ3v) is 5.26. The molecule has 0 aliphatic carbocycles. The lowest BCUT2D eigenvalue weighted by Crippen LogP contribution is -2.55. The summed E-state index contributed by atoms with van der Waals surface area (Å²) >= 11 is 0. The fourth-order valence-corrected chi connectivity index (χ4v) is 3.52. The first-order valence-corrected chi connectivity index (χ1v) is 10.6. The predicted molar refractivity (Wildman–Crippen MR) is 117 cm³/mol. The van der Waals surface area contributed by atoms with Crippen LogP contribution >= 0.6 is 0 Å². The number of benzene rings is 3. The van der Waals surface area contributed by atoms with Crippen LogP contribution in [0.5, 0.6) is 0 Å². The van der Waals surface area contributed by atoms with Crippen molar-refractivity contribution in [2.75, 3.05) is 6.61 Å². The summed E-state index contributed by atoms with van der Waals surface area (Å²) in [6.07, 6.45) is -2.73. The van der Waals surface area contributed by atoms with Gasteiger partial charge in [0.15, 0.2) is 6.29 Å². The third kappa shape index (κ3) is 6.23. The maximum Gasteiger partial charge on any atom is 0.186 e. The Bertz CT molecular complexity index is 887. The molecule has 1 aliphatic heterocycles. The van der Waals surface area contributed by atoms with Crippen molar-refractivity contribution in [1.82, 2.24) is 0 Å². The molecule has 3 aromatic rings. The molecular weight excluding hydrogens is 392 g/mol. The topological polar surface area (TPSA) is 57.2 Å². The Morgan fingerprint density at radius 1 is 0.645 bits per heavy atom. The van der Waals surface area contributed by atoms with E-state index in [0.717, 1.165) is 16.7 Å². The van der Waals surface area contributed by atoms with E-state index in [-0.39, 0.29) is 6.61 Å². The zero-order valence-electron chi connectivity index (χ0n) is 17.4. The quantitative estimate of drug-likeness (QED) is 0.565. The summed E-state index contributed by atoms with van der Waals surface area (Å²) in [6.45, 7) is 1.35. The highest BCUT2D eigenvalue weighted by molar-refractivity contribution is 5.15. The lowest BCUT2D eigenvalue weighted by Gasteiger charge is -2.39. The van der Waals surface area contributed by atoms with Crippen molar-refractivity contribution in [3.05, 3.63) is 108 Å². The van der Waals surface area contributed by atoms with Crippen molar-refractivity contribution in [2.45, 2.75) is 44.4 Å². The van der Waals surface area contributed by atoms with E-state index in [4.69, 9.17) is 18.9 Å². The fraction of sp³-hybridized carbons (Fsp3) is 0.308. The highest BCUT2D eigenvalue weighted by Gasteiger charge is 2.41. The molecule has 1 N–H and O–H groups in total. The second-order valence-electron chi connectivity index (χ2n) is 7.59. The van der Waals surface area contributed by atoms with Crippen LogP contribution in [0.25, 0.3) is 0 Å². The summed E-state index contributed by atoms with van der Waals surface area (Å²) in [5.74, 6) is 0. The van der Waals surface area contributed by atoms with Crippen LogP contribution in [0.15, 0.2) is 91.0 Å².